The van der Waals surface area contributed by atoms with E-state index in [0.717, 1.165) is 13.1 Å². The topological polar surface area (TPSA) is 20.2 Å². The molecule has 2 rings (SSSR count). The van der Waals surface area contributed by atoms with E-state index in [0.29, 0.717) is 6.04 Å². The van der Waals surface area contributed by atoms with E-state index in [1.165, 1.54) is 38.0 Å². The second kappa shape index (κ2) is 6.22. The van der Waals surface area contributed by atoms with Gasteiger partial charge >= 0.3 is 0 Å². The summed E-state index contributed by atoms with van der Waals surface area (Å²) in [6.07, 6.45) is 7.15. The summed E-state index contributed by atoms with van der Waals surface area (Å²) in [6.45, 7) is 10.3. The predicted octanol–water partition coefficient (Wildman–Crippen LogP) is 2.08. The number of likely N-dealkylation sites (tertiary alicyclic amines) is 1. The molecule has 0 amide bonds. The molecular weight excluding hydrogens is 210 g/mol. The van der Waals surface area contributed by atoms with Crippen LogP contribution in [0.1, 0.15) is 32.3 Å². The van der Waals surface area contributed by atoms with Crippen LogP contribution in [0.15, 0.2) is 18.5 Å². The minimum Gasteiger partial charge on any atom is -0.354 e. The van der Waals surface area contributed by atoms with Gasteiger partial charge in [-0.3, -0.25) is 0 Å². The van der Waals surface area contributed by atoms with Gasteiger partial charge in [-0.05, 0) is 51.4 Å². The zero-order chi connectivity index (χ0) is 12.1. The summed E-state index contributed by atoms with van der Waals surface area (Å²) >= 11 is 0. The highest BCUT2D eigenvalue weighted by Gasteiger charge is 2.14. The lowest BCUT2D eigenvalue weighted by Gasteiger charge is -2.21. The van der Waals surface area contributed by atoms with Crippen molar-refractivity contribution >= 4 is 0 Å². The fourth-order valence-corrected chi connectivity index (χ4v) is 2.50. The van der Waals surface area contributed by atoms with Gasteiger partial charge in [0.15, 0.2) is 0 Å². The Labute approximate surface area is 105 Å². The van der Waals surface area contributed by atoms with E-state index in [-0.39, 0.29) is 0 Å². The summed E-state index contributed by atoms with van der Waals surface area (Å²) in [5.74, 6) is 0. The third kappa shape index (κ3) is 3.86. The van der Waals surface area contributed by atoms with Crippen molar-refractivity contribution in [2.75, 3.05) is 19.6 Å². The summed E-state index contributed by atoms with van der Waals surface area (Å²) in [5.41, 5.74) is 1.39. The predicted molar refractivity (Wildman–Crippen MR) is 72.1 cm³/mol. The fourth-order valence-electron chi connectivity index (χ4n) is 2.50. The quantitative estimate of drug-likeness (QED) is 0.814. The van der Waals surface area contributed by atoms with Gasteiger partial charge in [0.1, 0.15) is 0 Å². The van der Waals surface area contributed by atoms with Gasteiger partial charge in [0, 0.05) is 38.1 Å². The van der Waals surface area contributed by atoms with E-state index in [2.05, 4.69) is 47.1 Å². The first-order chi connectivity index (χ1) is 8.28. The molecule has 1 N–H and O–H groups in total. The van der Waals surface area contributed by atoms with E-state index in [1.54, 1.807) is 0 Å². The zero-order valence-electron chi connectivity index (χ0n) is 11.2. The summed E-state index contributed by atoms with van der Waals surface area (Å²) in [4.78, 5) is 2.56. The first-order valence-electron chi connectivity index (χ1n) is 6.88. The van der Waals surface area contributed by atoms with Gasteiger partial charge in [-0.1, -0.05) is 0 Å². The highest BCUT2D eigenvalue weighted by Crippen LogP contribution is 2.08. The third-order valence-corrected chi connectivity index (χ3v) is 3.56. The largest absolute Gasteiger partial charge is 0.354 e. The molecule has 0 radical (unpaired) electrons. The van der Waals surface area contributed by atoms with Crippen molar-refractivity contribution in [1.29, 1.82) is 0 Å². The molecule has 0 aromatic carbocycles. The molecule has 17 heavy (non-hydrogen) atoms. The SMILES string of the molecule is CCn1ccc(CNC(C)CN2CCCC2)c1. The lowest BCUT2D eigenvalue weighted by Crippen LogP contribution is -2.37. The Morgan fingerprint density at radius 1 is 1.35 bits per heavy atom. The molecule has 1 atom stereocenters. The number of hydrogen-bond donors (Lipinski definition) is 1. The van der Waals surface area contributed by atoms with Crippen LogP contribution in [0.4, 0.5) is 0 Å². The first kappa shape index (κ1) is 12.7. The number of aryl methyl sites for hydroxylation is 1. The van der Waals surface area contributed by atoms with Crippen LogP contribution in [-0.4, -0.2) is 35.1 Å². The van der Waals surface area contributed by atoms with Crippen molar-refractivity contribution in [3.05, 3.63) is 24.0 Å². The number of hydrogen-bond acceptors (Lipinski definition) is 2. The third-order valence-electron chi connectivity index (χ3n) is 3.56. The highest BCUT2D eigenvalue weighted by atomic mass is 15.2. The lowest BCUT2D eigenvalue weighted by atomic mass is 10.2. The summed E-state index contributed by atoms with van der Waals surface area (Å²) in [7, 11) is 0. The van der Waals surface area contributed by atoms with Crippen molar-refractivity contribution in [1.82, 2.24) is 14.8 Å². The highest BCUT2D eigenvalue weighted by molar-refractivity contribution is 5.09. The van der Waals surface area contributed by atoms with E-state index >= 15 is 0 Å². The molecule has 0 saturated carbocycles. The average Bonchev–Trinajstić information content (AvgIpc) is 2.96. The van der Waals surface area contributed by atoms with Crippen molar-refractivity contribution in [3.8, 4) is 0 Å². The first-order valence-corrected chi connectivity index (χ1v) is 6.88. The molecule has 1 unspecified atom stereocenters. The molecule has 2 heterocycles. The van der Waals surface area contributed by atoms with Crippen LogP contribution in [0.2, 0.25) is 0 Å². The lowest BCUT2D eigenvalue weighted by molar-refractivity contribution is 0.298. The van der Waals surface area contributed by atoms with Gasteiger partial charge in [-0.15, -0.1) is 0 Å². The van der Waals surface area contributed by atoms with Gasteiger partial charge in [0.05, 0.1) is 0 Å². The van der Waals surface area contributed by atoms with Gasteiger partial charge < -0.3 is 14.8 Å². The number of rotatable bonds is 6. The van der Waals surface area contributed by atoms with Gasteiger partial charge in [0.2, 0.25) is 0 Å². The molecule has 0 spiro atoms. The van der Waals surface area contributed by atoms with E-state index in [9.17, 15) is 0 Å². The number of aromatic nitrogens is 1. The zero-order valence-corrected chi connectivity index (χ0v) is 11.2. The maximum Gasteiger partial charge on any atom is 0.0223 e. The Kier molecular flexibility index (Phi) is 4.63. The summed E-state index contributed by atoms with van der Waals surface area (Å²) in [5, 5.41) is 3.61. The summed E-state index contributed by atoms with van der Waals surface area (Å²) < 4.78 is 2.22. The van der Waals surface area contributed by atoms with Gasteiger partial charge in [-0.25, -0.2) is 0 Å². The summed E-state index contributed by atoms with van der Waals surface area (Å²) in [6, 6.07) is 2.79. The second-order valence-electron chi connectivity index (χ2n) is 5.14. The van der Waals surface area contributed by atoms with Crippen LogP contribution >= 0.6 is 0 Å². The molecule has 1 aliphatic rings. The minimum atomic E-state index is 0.582. The Morgan fingerprint density at radius 3 is 2.76 bits per heavy atom. The number of nitrogens with one attached hydrogen (secondary N) is 1. The number of nitrogens with zero attached hydrogens (tertiary/aromatic N) is 2. The van der Waals surface area contributed by atoms with Crippen LogP contribution in [0, 0.1) is 0 Å². The molecule has 96 valence electrons. The Balaban J connectivity index is 1.69. The molecule has 3 nitrogen and oxygen atoms in total. The van der Waals surface area contributed by atoms with Crippen LogP contribution in [0.25, 0.3) is 0 Å². The Hall–Kier alpha value is -0.800. The molecule has 3 heteroatoms. The molecule has 1 aromatic rings. The van der Waals surface area contributed by atoms with Crippen LogP contribution < -0.4 is 5.32 Å². The molecule has 1 saturated heterocycles. The molecule has 1 aliphatic heterocycles. The van der Waals surface area contributed by atoms with Crippen molar-refractivity contribution < 1.29 is 0 Å². The Morgan fingerprint density at radius 2 is 2.12 bits per heavy atom. The van der Waals surface area contributed by atoms with Crippen LogP contribution in [0.3, 0.4) is 0 Å². The van der Waals surface area contributed by atoms with Crippen LogP contribution in [0.5, 0.6) is 0 Å². The van der Waals surface area contributed by atoms with Crippen molar-refractivity contribution in [2.24, 2.45) is 0 Å². The van der Waals surface area contributed by atoms with Gasteiger partial charge in [0.25, 0.3) is 0 Å². The van der Waals surface area contributed by atoms with Gasteiger partial charge in [-0.2, -0.15) is 0 Å². The smallest absolute Gasteiger partial charge is 0.0223 e. The molecule has 0 bridgehead atoms. The van der Waals surface area contributed by atoms with Crippen LogP contribution in [-0.2, 0) is 13.1 Å². The normalized spacial score (nSPS) is 18.7. The van der Waals surface area contributed by atoms with E-state index < -0.39 is 0 Å². The standard InChI is InChI=1S/C14H25N3/c1-3-16-9-6-14(12-16)10-15-13(2)11-17-7-4-5-8-17/h6,9,12-13,15H,3-5,7-8,10-11H2,1-2H3. The monoisotopic (exact) mass is 235 g/mol. The van der Waals surface area contributed by atoms with E-state index in [1.807, 2.05) is 0 Å². The fraction of sp³-hybridized carbons (Fsp3) is 0.714. The maximum absolute atomic E-state index is 3.61. The van der Waals surface area contributed by atoms with E-state index in [4.69, 9.17) is 0 Å². The average molecular weight is 235 g/mol. The second-order valence-corrected chi connectivity index (χ2v) is 5.14. The molecular formula is C14H25N3. The molecule has 1 aromatic heterocycles. The molecule has 1 fully saturated rings. The van der Waals surface area contributed by atoms with Crippen molar-refractivity contribution in [2.45, 2.75) is 45.8 Å². The Bertz CT molecular complexity index is 326. The maximum atomic E-state index is 3.61. The minimum absolute atomic E-state index is 0.582. The van der Waals surface area contributed by atoms with Crippen molar-refractivity contribution in [3.63, 3.8) is 0 Å². The molecule has 0 aliphatic carbocycles.